The summed E-state index contributed by atoms with van der Waals surface area (Å²) in [4.78, 5) is 9.49. The normalized spacial score (nSPS) is 14.2. The minimum Gasteiger partial charge on any atom is -0.369 e. The molecule has 1 saturated heterocycles. The maximum Gasteiger partial charge on any atom is 0.0991 e. The fourth-order valence-electron chi connectivity index (χ4n) is 4.41. The number of aromatic nitrogens is 1. The Morgan fingerprint density at radius 1 is 0.879 bits per heavy atom. The largest absolute Gasteiger partial charge is 0.369 e. The Bertz CT molecular complexity index is 1280. The summed E-state index contributed by atoms with van der Waals surface area (Å²) in [7, 11) is 0. The van der Waals surface area contributed by atoms with Gasteiger partial charge in [-0.1, -0.05) is 25.1 Å². The van der Waals surface area contributed by atoms with Gasteiger partial charge >= 0.3 is 0 Å². The molecule has 33 heavy (non-hydrogen) atoms. The van der Waals surface area contributed by atoms with Crippen LogP contribution in [0.25, 0.3) is 22.0 Å². The van der Waals surface area contributed by atoms with Crippen molar-refractivity contribution in [1.82, 2.24) is 9.88 Å². The highest BCUT2D eigenvalue weighted by molar-refractivity contribution is 5.95. The molecule has 5 nitrogen and oxygen atoms in total. The molecule has 2 heterocycles. The lowest BCUT2D eigenvalue weighted by Crippen LogP contribution is -2.46. The number of likely N-dealkylation sites (N-methyl/N-ethyl adjacent to an activating group) is 1. The number of anilines is 3. The average molecular weight is 434 g/mol. The topological polar surface area (TPSA) is 55.2 Å². The van der Waals surface area contributed by atoms with Gasteiger partial charge in [0.1, 0.15) is 0 Å². The Balaban J connectivity index is 1.37. The van der Waals surface area contributed by atoms with E-state index in [1.165, 1.54) is 5.69 Å². The average Bonchev–Trinajstić information content (AvgIpc) is 2.89. The number of piperazine rings is 1. The van der Waals surface area contributed by atoms with Crippen LogP contribution in [0.3, 0.4) is 0 Å². The summed E-state index contributed by atoms with van der Waals surface area (Å²) in [6.07, 6.45) is 1.84. The fourth-order valence-corrected chi connectivity index (χ4v) is 4.41. The Kier molecular flexibility index (Phi) is 5.93. The van der Waals surface area contributed by atoms with Crippen molar-refractivity contribution in [3.05, 3.63) is 84.6 Å². The van der Waals surface area contributed by atoms with E-state index in [4.69, 9.17) is 5.26 Å². The van der Waals surface area contributed by atoms with E-state index in [2.05, 4.69) is 69.5 Å². The van der Waals surface area contributed by atoms with Gasteiger partial charge in [-0.2, -0.15) is 5.26 Å². The monoisotopic (exact) mass is 433 g/mol. The standard InChI is InChI=1S/C28H27N5/c1-2-32-15-17-33(18-16-32)25-10-8-24(9-11-25)31-28-13-14-30-27-12-7-23(19-26(27)28)22-5-3-21(20-29)4-6-22/h3-14,19H,2,15-18H2,1H3,(H,30,31). The summed E-state index contributed by atoms with van der Waals surface area (Å²) in [5.74, 6) is 0. The number of fused-ring (bicyclic) bond motifs is 1. The van der Waals surface area contributed by atoms with Gasteiger partial charge < -0.3 is 15.1 Å². The van der Waals surface area contributed by atoms with E-state index in [1.807, 2.05) is 42.6 Å². The van der Waals surface area contributed by atoms with Gasteiger partial charge in [0, 0.05) is 54.8 Å². The van der Waals surface area contributed by atoms with Crippen LogP contribution in [0.15, 0.2) is 79.0 Å². The minimum absolute atomic E-state index is 0.666. The van der Waals surface area contributed by atoms with Gasteiger partial charge in [0.25, 0.3) is 0 Å². The lowest BCUT2D eigenvalue weighted by Gasteiger charge is -2.35. The van der Waals surface area contributed by atoms with Crippen LogP contribution in [0.1, 0.15) is 12.5 Å². The lowest BCUT2D eigenvalue weighted by atomic mass is 10.0. The Labute approximate surface area is 194 Å². The fraction of sp³-hybridized carbons (Fsp3) is 0.214. The number of nitriles is 1. The minimum atomic E-state index is 0.666. The van der Waals surface area contributed by atoms with E-state index in [9.17, 15) is 0 Å². The van der Waals surface area contributed by atoms with Crippen LogP contribution in [-0.4, -0.2) is 42.6 Å². The van der Waals surface area contributed by atoms with Gasteiger partial charge in [-0.15, -0.1) is 0 Å². The summed E-state index contributed by atoms with van der Waals surface area (Å²) < 4.78 is 0. The second-order valence-electron chi connectivity index (χ2n) is 8.37. The van der Waals surface area contributed by atoms with E-state index in [1.54, 1.807) is 0 Å². The zero-order chi connectivity index (χ0) is 22.6. The second-order valence-corrected chi connectivity index (χ2v) is 8.37. The van der Waals surface area contributed by atoms with Crippen molar-refractivity contribution in [2.45, 2.75) is 6.92 Å². The van der Waals surface area contributed by atoms with Gasteiger partial charge in [-0.05, 0) is 72.3 Å². The van der Waals surface area contributed by atoms with Crippen LogP contribution in [-0.2, 0) is 0 Å². The summed E-state index contributed by atoms with van der Waals surface area (Å²) in [5.41, 5.74) is 7.16. The maximum absolute atomic E-state index is 9.06. The van der Waals surface area contributed by atoms with Crippen molar-refractivity contribution in [3.8, 4) is 17.2 Å². The first-order chi connectivity index (χ1) is 16.2. The van der Waals surface area contributed by atoms with Crippen molar-refractivity contribution in [3.63, 3.8) is 0 Å². The molecule has 0 aliphatic carbocycles. The van der Waals surface area contributed by atoms with Crippen LogP contribution in [0.2, 0.25) is 0 Å². The smallest absolute Gasteiger partial charge is 0.0991 e. The number of nitrogens with zero attached hydrogens (tertiary/aromatic N) is 4. The Morgan fingerprint density at radius 2 is 1.61 bits per heavy atom. The van der Waals surface area contributed by atoms with E-state index in [0.717, 1.165) is 66.1 Å². The van der Waals surface area contributed by atoms with Crippen molar-refractivity contribution < 1.29 is 0 Å². The number of hydrogen-bond acceptors (Lipinski definition) is 5. The molecular formula is C28H27N5. The predicted octanol–water partition coefficient (Wildman–Crippen LogP) is 5.66. The first kappa shape index (κ1) is 21.0. The molecule has 1 N–H and O–H groups in total. The van der Waals surface area contributed by atoms with Crippen LogP contribution < -0.4 is 10.2 Å². The van der Waals surface area contributed by atoms with Crippen molar-refractivity contribution >= 4 is 28.0 Å². The summed E-state index contributed by atoms with van der Waals surface area (Å²) in [6, 6.07) is 26.9. The molecule has 3 aromatic carbocycles. The highest BCUT2D eigenvalue weighted by Crippen LogP contribution is 2.30. The highest BCUT2D eigenvalue weighted by atomic mass is 15.3. The van der Waals surface area contributed by atoms with Crippen LogP contribution in [0.5, 0.6) is 0 Å². The molecule has 0 radical (unpaired) electrons. The van der Waals surface area contributed by atoms with Gasteiger partial charge in [0.15, 0.2) is 0 Å². The molecule has 1 aliphatic rings. The molecule has 164 valence electrons. The number of hydrogen-bond donors (Lipinski definition) is 1. The number of nitrogens with one attached hydrogen (secondary N) is 1. The quantitative estimate of drug-likeness (QED) is 0.440. The summed E-state index contributed by atoms with van der Waals surface area (Å²) in [5, 5.41) is 13.7. The molecule has 0 amide bonds. The Morgan fingerprint density at radius 3 is 2.30 bits per heavy atom. The van der Waals surface area contributed by atoms with Crippen LogP contribution in [0, 0.1) is 11.3 Å². The number of rotatable bonds is 5. The number of pyridine rings is 1. The SMILES string of the molecule is CCN1CCN(c2ccc(Nc3ccnc4ccc(-c5ccc(C#N)cc5)cc34)cc2)CC1. The number of benzene rings is 3. The van der Waals surface area contributed by atoms with Gasteiger partial charge in [-0.25, -0.2) is 0 Å². The molecule has 0 atom stereocenters. The molecule has 0 bridgehead atoms. The summed E-state index contributed by atoms with van der Waals surface area (Å²) >= 11 is 0. The van der Waals surface area contributed by atoms with E-state index in [0.29, 0.717) is 5.56 Å². The van der Waals surface area contributed by atoms with Crippen molar-refractivity contribution in [2.75, 3.05) is 42.9 Å². The first-order valence-electron chi connectivity index (χ1n) is 11.5. The predicted molar refractivity (Wildman–Crippen MR) is 136 cm³/mol. The molecule has 0 saturated carbocycles. The van der Waals surface area contributed by atoms with E-state index < -0.39 is 0 Å². The van der Waals surface area contributed by atoms with Crippen molar-refractivity contribution in [1.29, 1.82) is 5.26 Å². The zero-order valence-corrected chi connectivity index (χ0v) is 18.8. The van der Waals surface area contributed by atoms with Crippen LogP contribution >= 0.6 is 0 Å². The maximum atomic E-state index is 9.06. The Hall–Kier alpha value is -3.88. The van der Waals surface area contributed by atoms with Gasteiger partial charge in [-0.3, -0.25) is 4.98 Å². The highest BCUT2D eigenvalue weighted by Gasteiger charge is 2.15. The second kappa shape index (κ2) is 9.32. The third-order valence-electron chi connectivity index (χ3n) is 6.42. The zero-order valence-electron chi connectivity index (χ0n) is 18.8. The van der Waals surface area contributed by atoms with Gasteiger partial charge in [0.05, 0.1) is 17.1 Å². The van der Waals surface area contributed by atoms with E-state index >= 15 is 0 Å². The molecule has 0 unspecified atom stereocenters. The summed E-state index contributed by atoms with van der Waals surface area (Å²) in [6.45, 7) is 7.76. The lowest BCUT2D eigenvalue weighted by molar-refractivity contribution is 0.271. The van der Waals surface area contributed by atoms with Gasteiger partial charge in [0.2, 0.25) is 0 Å². The molecule has 1 aromatic heterocycles. The third kappa shape index (κ3) is 4.52. The molecule has 5 heteroatoms. The molecule has 4 aromatic rings. The van der Waals surface area contributed by atoms with Crippen LogP contribution in [0.4, 0.5) is 17.1 Å². The van der Waals surface area contributed by atoms with Crippen molar-refractivity contribution in [2.24, 2.45) is 0 Å². The first-order valence-corrected chi connectivity index (χ1v) is 11.5. The molecule has 0 spiro atoms. The molecule has 5 rings (SSSR count). The molecule has 1 fully saturated rings. The molecular weight excluding hydrogens is 406 g/mol. The third-order valence-corrected chi connectivity index (χ3v) is 6.42. The van der Waals surface area contributed by atoms with E-state index in [-0.39, 0.29) is 0 Å². The molecule has 1 aliphatic heterocycles.